The van der Waals surface area contributed by atoms with Crippen LogP contribution in [-0.4, -0.2) is 0 Å². The van der Waals surface area contributed by atoms with Gasteiger partial charge in [0.15, 0.2) is 0 Å². The summed E-state index contributed by atoms with van der Waals surface area (Å²) in [5.41, 5.74) is 5.02. The summed E-state index contributed by atoms with van der Waals surface area (Å²) >= 11 is 0. The van der Waals surface area contributed by atoms with E-state index in [0.717, 1.165) is 12.1 Å². The largest absolute Gasteiger partial charge is 0.359 e. The fourth-order valence-corrected chi connectivity index (χ4v) is 1.46. The first kappa shape index (κ1) is 6.47. The topological polar surface area (TPSA) is 12.0 Å². The Balaban J connectivity index is 2.51. The maximum atomic E-state index is 3.89. The lowest BCUT2D eigenvalue weighted by Gasteiger charge is -1.98. The second kappa shape index (κ2) is 2.12. The van der Waals surface area contributed by atoms with Crippen LogP contribution in [0, 0.1) is 6.92 Å². The summed E-state index contributed by atoms with van der Waals surface area (Å²) in [6, 6.07) is 6.44. The van der Waals surface area contributed by atoms with Crippen LogP contribution in [0.5, 0.6) is 0 Å². The van der Waals surface area contributed by atoms with Crippen LogP contribution in [0.15, 0.2) is 30.5 Å². The van der Waals surface area contributed by atoms with E-state index in [1.807, 2.05) is 0 Å². The molecule has 2 rings (SSSR count). The number of nitrogens with one attached hydrogen (secondary N) is 1. The number of aryl methyl sites for hydroxylation is 1. The Bertz CT molecular complexity index is 313. The van der Waals surface area contributed by atoms with Crippen molar-refractivity contribution in [1.82, 2.24) is 0 Å². The molecular formula is C10H11N. The highest BCUT2D eigenvalue weighted by atomic mass is 14.9. The van der Waals surface area contributed by atoms with Crippen LogP contribution < -0.4 is 5.32 Å². The summed E-state index contributed by atoms with van der Waals surface area (Å²) in [7, 11) is 0. The molecule has 0 saturated heterocycles. The molecule has 0 fully saturated rings. The van der Waals surface area contributed by atoms with Gasteiger partial charge in [0.05, 0.1) is 0 Å². The van der Waals surface area contributed by atoms with E-state index < -0.39 is 0 Å². The second-order valence-corrected chi connectivity index (χ2v) is 3.07. The van der Waals surface area contributed by atoms with Crippen LogP contribution in [0.2, 0.25) is 0 Å². The first-order chi connectivity index (χ1) is 5.25. The van der Waals surface area contributed by atoms with E-state index >= 15 is 0 Å². The molecule has 1 aromatic rings. The van der Waals surface area contributed by atoms with Gasteiger partial charge >= 0.3 is 0 Å². The lowest BCUT2D eigenvalue weighted by Crippen LogP contribution is -1.86. The van der Waals surface area contributed by atoms with Crippen LogP contribution >= 0.6 is 0 Å². The van der Waals surface area contributed by atoms with E-state index in [1.54, 1.807) is 0 Å². The average molecular weight is 145 g/mol. The minimum absolute atomic E-state index is 0.983. The minimum atomic E-state index is 0.983. The first-order valence-corrected chi connectivity index (χ1v) is 3.80. The molecule has 0 aliphatic carbocycles. The second-order valence-electron chi connectivity index (χ2n) is 3.07. The zero-order valence-electron chi connectivity index (χ0n) is 6.65. The molecular weight excluding hydrogens is 134 g/mol. The number of benzene rings is 1. The van der Waals surface area contributed by atoms with Crippen molar-refractivity contribution < 1.29 is 0 Å². The standard InChI is InChI=1S/C10H11N/c1-7-3-4-10-9(5-7)6-8(2)11-10/h3-5,11H,2,6H2,1H3. The molecule has 0 amide bonds. The molecule has 1 heteroatoms. The van der Waals surface area contributed by atoms with E-state index in [4.69, 9.17) is 0 Å². The van der Waals surface area contributed by atoms with Gasteiger partial charge < -0.3 is 5.32 Å². The monoisotopic (exact) mass is 145 g/mol. The van der Waals surface area contributed by atoms with E-state index in [-0.39, 0.29) is 0 Å². The van der Waals surface area contributed by atoms with E-state index in [0.29, 0.717) is 0 Å². The Morgan fingerprint density at radius 2 is 2.27 bits per heavy atom. The van der Waals surface area contributed by atoms with E-state index in [9.17, 15) is 0 Å². The zero-order chi connectivity index (χ0) is 7.84. The van der Waals surface area contributed by atoms with Gasteiger partial charge in [0.25, 0.3) is 0 Å². The number of rotatable bonds is 0. The van der Waals surface area contributed by atoms with Gasteiger partial charge in [0.2, 0.25) is 0 Å². The van der Waals surface area contributed by atoms with Crippen molar-refractivity contribution in [2.24, 2.45) is 0 Å². The van der Waals surface area contributed by atoms with Crippen LogP contribution in [0.3, 0.4) is 0 Å². The molecule has 1 nitrogen and oxygen atoms in total. The summed E-state index contributed by atoms with van der Waals surface area (Å²) < 4.78 is 0. The first-order valence-electron chi connectivity index (χ1n) is 3.80. The summed E-state index contributed by atoms with van der Waals surface area (Å²) in [5, 5.41) is 3.23. The predicted octanol–water partition coefficient (Wildman–Crippen LogP) is 2.48. The highest BCUT2D eigenvalue weighted by Gasteiger charge is 2.11. The Morgan fingerprint density at radius 3 is 3.09 bits per heavy atom. The molecule has 0 saturated carbocycles. The lowest BCUT2D eigenvalue weighted by molar-refractivity contribution is 1.25. The fourth-order valence-electron chi connectivity index (χ4n) is 1.46. The number of allylic oxidation sites excluding steroid dienone is 1. The number of hydrogen-bond acceptors (Lipinski definition) is 1. The summed E-state index contributed by atoms with van der Waals surface area (Å²) in [6.45, 7) is 6.00. The molecule has 0 bridgehead atoms. The van der Waals surface area contributed by atoms with Gasteiger partial charge in [-0.25, -0.2) is 0 Å². The molecule has 0 radical (unpaired) electrons. The quantitative estimate of drug-likeness (QED) is 0.591. The van der Waals surface area contributed by atoms with Gasteiger partial charge in [0, 0.05) is 17.8 Å². The molecule has 0 aromatic heterocycles. The third kappa shape index (κ3) is 1.03. The van der Waals surface area contributed by atoms with Crippen molar-refractivity contribution in [3.8, 4) is 0 Å². The fraction of sp³-hybridized carbons (Fsp3) is 0.200. The van der Waals surface area contributed by atoms with E-state index in [1.165, 1.54) is 16.8 Å². The maximum absolute atomic E-state index is 3.89. The van der Waals surface area contributed by atoms with Crippen LogP contribution in [0.25, 0.3) is 0 Å². The highest BCUT2D eigenvalue weighted by molar-refractivity contribution is 5.62. The third-order valence-electron chi connectivity index (χ3n) is 1.98. The molecule has 11 heavy (non-hydrogen) atoms. The SMILES string of the molecule is C=C1Cc2cc(C)ccc2N1. The van der Waals surface area contributed by atoms with Crippen molar-refractivity contribution in [2.75, 3.05) is 5.32 Å². The average Bonchev–Trinajstić information content (AvgIpc) is 2.27. The summed E-state index contributed by atoms with van der Waals surface area (Å²) in [4.78, 5) is 0. The van der Waals surface area contributed by atoms with Gasteiger partial charge in [-0.1, -0.05) is 24.3 Å². The molecule has 1 aromatic carbocycles. The smallest absolute Gasteiger partial charge is 0.0418 e. The lowest BCUT2D eigenvalue weighted by atomic mass is 10.1. The maximum Gasteiger partial charge on any atom is 0.0418 e. The van der Waals surface area contributed by atoms with E-state index in [2.05, 4.69) is 37.0 Å². The Morgan fingerprint density at radius 1 is 1.45 bits per heavy atom. The number of hydrogen-bond donors (Lipinski definition) is 1. The molecule has 1 aliphatic rings. The Kier molecular flexibility index (Phi) is 1.25. The molecule has 1 aliphatic heterocycles. The molecule has 1 heterocycles. The molecule has 0 spiro atoms. The molecule has 1 N–H and O–H groups in total. The van der Waals surface area contributed by atoms with Crippen molar-refractivity contribution in [3.63, 3.8) is 0 Å². The van der Waals surface area contributed by atoms with Crippen molar-refractivity contribution in [3.05, 3.63) is 41.6 Å². The Labute approximate surface area is 66.7 Å². The highest BCUT2D eigenvalue weighted by Crippen LogP contribution is 2.27. The van der Waals surface area contributed by atoms with Crippen molar-refractivity contribution in [1.29, 1.82) is 0 Å². The zero-order valence-corrected chi connectivity index (χ0v) is 6.65. The normalized spacial score (nSPS) is 14.5. The summed E-state index contributed by atoms with van der Waals surface area (Å²) in [6.07, 6.45) is 0.983. The van der Waals surface area contributed by atoms with Gasteiger partial charge in [-0.05, 0) is 18.6 Å². The molecule has 0 atom stereocenters. The third-order valence-corrected chi connectivity index (χ3v) is 1.98. The van der Waals surface area contributed by atoms with Gasteiger partial charge in [-0.3, -0.25) is 0 Å². The van der Waals surface area contributed by atoms with Crippen molar-refractivity contribution in [2.45, 2.75) is 13.3 Å². The van der Waals surface area contributed by atoms with Crippen LogP contribution in [0.4, 0.5) is 5.69 Å². The van der Waals surface area contributed by atoms with Crippen LogP contribution in [0.1, 0.15) is 11.1 Å². The number of anilines is 1. The minimum Gasteiger partial charge on any atom is -0.359 e. The van der Waals surface area contributed by atoms with Crippen LogP contribution in [-0.2, 0) is 6.42 Å². The predicted molar refractivity (Wildman–Crippen MR) is 47.6 cm³/mol. The van der Waals surface area contributed by atoms with Crippen molar-refractivity contribution >= 4 is 5.69 Å². The van der Waals surface area contributed by atoms with Gasteiger partial charge in [0.1, 0.15) is 0 Å². The molecule has 0 unspecified atom stereocenters. The summed E-state index contributed by atoms with van der Waals surface area (Å²) in [5.74, 6) is 0. The van der Waals surface area contributed by atoms with Gasteiger partial charge in [-0.2, -0.15) is 0 Å². The molecule has 56 valence electrons. The Hall–Kier alpha value is -1.24. The number of fused-ring (bicyclic) bond motifs is 1. The van der Waals surface area contributed by atoms with Gasteiger partial charge in [-0.15, -0.1) is 0 Å².